The van der Waals surface area contributed by atoms with Gasteiger partial charge in [-0.1, -0.05) is 12.1 Å². The Balaban J connectivity index is 1.53. The Hall–Kier alpha value is -1.06. The van der Waals surface area contributed by atoms with Gasteiger partial charge in [0.25, 0.3) is 0 Å². The van der Waals surface area contributed by atoms with Crippen molar-refractivity contribution >= 4 is 0 Å². The summed E-state index contributed by atoms with van der Waals surface area (Å²) >= 11 is 0. The molecule has 2 aliphatic rings. The van der Waals surface area contributed by atoms with E-state index in [1.807, 2.05) is 12.1 Å². The van der Waals surface area contributed by atoms with E-state index in [0.717, 1.165) is 12.8 Å². The molecule has 2 fully saturated rings. The third-order valence-electron chi connectivity index (χ3n) is 4.95. The molecule has 20 heavy (non-hydrogen) atoms. The van der Waals surface area contributed by atoms with Crippen molar-refractivity contribution in [3.05, 3.63) is 29.8 Å². The molecule has 0 spiro atoms. The molecule has 1 aromatic carbocycles. The zero-order valence-electron chi connectivity index (χ0n) is 11.9. The van der Waals surface area contributed by atoms with E-state index in [9.17, 15) is 10.2 Å². The van der Waals surface area contributed by atoms with Gasteiger partial charge < -0.3 is 14.9 Å². The van der Waals surface area contributed by atoms with E-state index >= 15 is 0 Å². The van der Waals surface area contributed by atoms with Crippen molar-refractivity contribution in [3.8, 4) is 5.75 Å². The van der Waals surface area contributed by atoms with Crippen LogP contribution in [-0.2, 0) is 4.74 Å². The van der Waals surface area contributed by atoms with Gasteiger partial charge in [-0.05, 0) is 68.1 Å². The second kappa shape index (κ2) is 6.15. The third-order valence-corrected chi connectivity index (χ3v) is 4.95. The molecule has 1 aliphatic heterocycles. The molecule has 110 valence electrons. The topological polar surface area (TPSA) is 49.7 Å². The average Bonchev–Trinajstić information content (AvgIpc) is 2.49. The first kappa shape index (κ1) is 13.9. The van der Waals surface area contributed by atoms with Crippen molar-refractivity contribution in [2.75, 3.05) is 6.61 Å². The van der Waals surface area contributed by atoms with Gasteiger partial charge in [0, 0.05) is 0 Å². The summed E-state index contributed by atoms with van der Waals surface area (Å²) in [4.78, 5) is 0. The highest BCUT2D eigenvalue weighted by atomic mass is 16.5. The summed E-state index contributed by atoms with van der Waals surface area (Å²) in [6.07, 6.45) is 6.85. The molecule has 1 heterocycles. The lowest BCUT2D eigenvalue weighted by atomic mass is 9.75. The highest BCUT2D eigenvalue weighted by molar-refractivity contribution is 5.28. The number of hydrogen-bond acceptors (Lipinski definition) is 3. The molecule has 3 rings (SSSR count). The quantitative estimate of drug-likeness (QED) is 0.872. The lowest BCUT2D eigenvalue weighted by Crippen LogP contribution is -2.35. The Morgan fingerprint density at radius 1 is 0.900 bits per heavy atom. The van der Waals surface area contributed by atoms with Crippen LogP contribution < -0.4 is 0 Å². The Labute approximate surface area is 120 Å². The number of phenols is 1. The van der Waals surface area contributed by atoms with E-state index in [0.29, 0.717) is 30.3 Å². The Morgan fingerprint density at radius 3 is 2.20 bits per heavy atom. The molecule has 2 unspecified atom stereocenters. The van der Waals surface area contributed by atoms with Gasteiger partial charge in [0.1, 0.15) is 5.75 Å². The van der Waals surface area contributed by atoms with Crippen LogP contribution >= 0.6 is 0 Å². The van der Waals surface area contributed by atoms with Gasteiger partial charge >= 0.3 is 0 Å². The maximum absolute atomic E-state index is 9.49. The monoisotopic (exact) mass is 276 g/mol. The van der Waals surface area contributed by atoms with Gasteiger partial charge in [0.05, 0.1) is 18.8 Å². The molecule has 2 N–H and O–H groups in total. The number of benzene rings is 1. The highest BCUT2D eigenvalue weighted by Gasteiger charge is 2.31. The summed E-state index contributed by atoms with van der Waals surface area (Å²) < 4.78 is 5.80. The van der Waals surface area contributed by atoms with Crippen LogP contribution in [0.4, 0.5) is 0 Å². The normalized spacial score (nSPS) is 34.9. The van der Waals surface area contributed by atoms with Crippen molar-refractivity contribution in [1.82, 2.24) is 0 Å². The van der Waals surface area contributed by atoms with E-state index in [2.05, 4.69) is 0 Å². The van der Waals surface area contributed by atoms with E-state index < -0.39 is 0 Å². The largest absolute Gasteiger partial charge is 0.508 e. The third kappa shape index (κ3) is 3.15. The average molecular weight is 276 g/mol. The van der Waals surface area contributed by atoms with Crippen LogP contribution in [0.5, 0.6) is 5.75 Å². The molecule has 0 aromatic heterocycles. The summed E-state index contributed by atoms with van der Waals surface area (Å²) in [5.41, 5.74) is 1.35. The van der Waals surface area contributed by atoms with Crippen LogP contribution in [0, 0.1) is 5.92 Å². The first-order chi connectivity index (χ1) is 9.72. The predicted octanol–water partition coefficient (Wildman–Crippen LogP) is 3.21. The fraction of sp³-hybridized carbons (Fsp3) is 0.647. The Morgan fingerprint density at radius 2 is 1.60 bits per heavy atom. The minimum atomic E-state index is -0.250. The standard InChI is InChI=1S/C17H24O3/c18-15-7-5-13(6-8-15)12-1-3-14(4-2-12)17-10-9-16(19)11-20-17/h5-8,12,14,16-19H,1-4,9-11H2. The lowest BCUT2D eigenvalue weighted by molar-refractivity contribution is -0.0845. The maximum Gasteiger partial charge on any atom is 0.115 e. The van der Waals surface area contributed by atoms with Crippen LogP contribution in [0.15, 0.2) is 24.3 Å². The minimum Gasteiger partial charge on any atom is -0.508 e. The first-order valence-electron chi connectivity index (χ1n) is 7.81. The van der Waals surface area contributed by atoms with Gasteiger partial charge in [-0.3, -0.25) is 0 Å². The predicted molar refractivity (Wildman–Crippen MR) is 77.8 cm³/mol. The molecule has 0 radical (unpaired) electrons. The van der Waals surface area contributed by atoms with E-state index in [-0.39, 0.29) is 6.10 Å². The second-order valence-corrected chi connectivity index (χ2v) is 6.31. The number of ether oxygens (including phenoxy) is 1. The van der Waals surface area contributed by atoms with Crippen molar-refractivity contribution in [3.63, 3.8) is 0 Å². The second-order valence-electron chi connectivity index (χ2n) is 6.31. The molecule has 0 bridgehead atoms. The van der Waals surface area contributed by atoms with E-state index in [1.54, 1.807) is 12.1 Å². The van der Waals surface area contributed by atoms with Crippen LogP contribution in [-0.4, -0.2) is 29.0 Å². The van der Waals surface area contributed by atoms with Crippen LogP contribution in [0.25, 0.3) is 0 Å². The fourth-order valence-electron chi connectivity index (χ4n) is 3.70. The molecule has 1 saturated carbocycles. The van der Waals surface area contributed by atoms with E-state index in [1.165, 1.54) is 31.2 Å². The van der Waals surface area contributed by atoms with Crippen molar-refractivity contribution in [1.29, 1.82) is 0 Å². The van der Waals surface area contributed by atoms with Crippen LogP contribution in [0.2, 0.25) is 0 Å². The number of hydrogen-bond donors (Lipinski definition) is 2. The summed E-state index contributed by atoms with van der Waals surface area (Å²) in [6, 6.07) is 7.67. The molecular weight excluding hydrogens is 252 g/mol. The SMILES string of the molecule is Oc1ccc(C2CCC(C3CCC(O)CO3)CC2)cc1. The minimum absolute atomic E-state index is 0.250. The van der Waals surface area contributed by atoms with Crippen LogP contribution in [0.1, 0.15) is 50.0 Å². The van der Waals surface area contributed by atoms with Gasteiger partial charge in [-0.2, -0.15) is 0 Å². The lowest BCUT2D eigenvalue weighted by Gasteiger charge is -2.37. The van der Waals surface area contributed by atoms with Gasteiger partial charge in [0.15, 0.2) is 0 Å². The summed E-state index contributed by atoms with van der Waals surface area (Å²) in [5, 5.41) is 18.8. The number of aliphatic hydroxyl groups is 1. The molecule has 1 aromatic rings. The molecule has 2 atom stereocenters. The number of aromatic hydroxyl groups is 1. The smallest absolute Gasteiger partial charge is 0.115 e. The zero-order chi connectivity index (χ0) is 13.9. The van der Waals surface area contributed by atoms with Gasteiger partial charge in [-0.15, -0.1) is 0 Å². The molecule has 3 heteroatoms. The molecule has 3 nitrogen and oxygen atoms in total. The first-order valence-corrected chi connectivity index (χ1v) is 7.81. The molecular formula is C17H24O3. The molecule has 1 aliphatic carbocycles. The zero-order valence-corrected chi connectivity index (χ0v) is 11.9. The van der Waals surface area contributed by atoms with Gasteiger partial charge in [0.2, 0.25) is 0 Å². The Bertz CT molecular complexity index is 412. The van der Waals surface area contributed by atoms with Gasteiger partial charge in [-0.25, -0.2) is 0 Å². The summed E-state index contributed by atoms with van der Waals surface area (Å²) in [7, 11) is 0. The van der Waals surface area contributed by atoms with Crippen molar-refractivity contribution in [2.24, 2.45) is 5.92 Å². The fourth-order valence-corrected chi connectivity index (χ4v) is 3.70. The van der Waals surface area contributed by atoms with E-state index in [4.69, 9.17) is 4.74 Å². The number of rotatable bonds is 2. The summed E-state index contributed by atoms with van der Waals surface area (Å²) in [5.74, 6) is 1.63. The highest BCUT2D eigenvalue weighted by Crippen LogP contribution is 2.39. The van der Waals surface area contributed by atoms with Crippen molar-refractivity contribution < 1.29 is 14.9 Å². The molecule has 0 amide bonds. The number of aliphatic hydroxyl groups excluding tert-OH is 1. The maximum atomic E-state index is 9.49. The van der Waals surface area contributed by atoms with Crippen LogP contribution in [0.3, 0.4) is 0 Å². The number of phenolic OH excluding ortho intramolecular Hbond substituents is 1. The molecule has 1 saturated heterocycles. The summed E-state index contributed by atoms with van der Waals surface area (Å²) in [6.45, 7) is 0.516. The Kier molecular flexibility index (Phi) is 4.27. The van der Waals surface area contributed by atoms with Crippen molar-refractivity contribution in [2.45, 2.75) is 56.7 Å².